The molecule has 0 amide bonds. The molecule has 0 radical (unpaired) electrons. The lowest BCUT2D eigenvalue weighted by molar-refractivity contribution is 0.116. The molecule has 1 atom stereocenters. The smallest absolute Gasteiger partial charge is 0.0798 e. The van der Waals surface area contributed by atoms with Crippen LogP contribution < -0.4 is 0 Å². The molecular formula is C13H17ClO. The first-order valence-corrected chi connectivity index (χ1v) is 5.82. The molecule has 1 nitrogen and oxygen atoms in total. The molecule has 2 heteroatoms. The van der Waals surface area contributed by atoms with Crippen LogP contribution in [0.1, 0.15) is 43.9 Å². The van der Waals surface area contributed by atoms with Gasteiger partial charge in [-0.15, -0.1) is 0 Å². The van der Waals surface area contributed by atoms with E-state index in [1.165, 1.54) is 5.56 Å². The van der Waals surface area contributed by atoms with Gasteiger partial charge in [-0.25, -0.2) is 0 Å². The van der Waals surface area contributed by atoms with Crippen LogP contribution in [0.15, 0.2) is 18.2 Å². The van der Waals surface area contributed by atoms with Gasteiger partial charge in [0.15, 0.2) is 0 Å². The van der Waals surface area contributed by atoms with Crippen LogP contribution in [-0.4, -0.2) is 5.11 Å². The second-order valence-corrected chi connectivity index (χ2v) is 5.66. The lowest BCUT2D eigenvalue weighted by Crippen LogP contribution is -2.13. The van der Waals surface area contributed by atoms with E-state index in [0.29, 0.717) is 5.02 Å². The van der Waals surface area contributed by atoms with Crippen LogP contribution in [0.4, 0.5) is 0 Å². The Labute approximate surface area is 96.1 Å². The van der Waals surface area contributed by atoms with E-state index in [1.54, 1.807) is 0 Å². The number of aliphatic hydroxyl groups is 1. The largest absolute Gasteiger partial charge is 0.388 e. The molecule has 1 aliphatic carbocycles. The zero-order valence-corrected chi connectivity index (χ0v) is 10.0. The highest BCUT2D eigenvalue weighted by Gasteiger charge is 2.28. The van der Waals surface area contributed by atoms with Crippen LogP contribution in [0.5, 0.6) is 0 Å². The number of hydrogen-bond donors (Lipinski definition) is 1. The molecule has 1 N–H and O–H groups in total. The highest BCUT2D eigenvalue weighted by Crippen LogP contribution is 2.39. The molecule has 0 aliphatic heterocycles. The summed E-state index contributed by atoms with van der Waals surface area (Å²) >= 11 is 5.96. The molecule has 0 fully saturated rings. The van der Waals surface area contributed by atoms with Gasteiger partial charge in [0.1, 0.15) is 0 Å². The van der Waals surface area contributed by atoms with Gasteiger partial charge in [-0.3, -0.25) is 0 Å². The zero-order valence-electron chi connectivity index (χ0n) is 9.26. The van der Waals surface area contributed by atoms with E-state index >= 15 is 0 Å². The number of halogens is 1. The molecule has 1 aliphatic rings. The van der Waals surface area contributed by atoms with E-state index < -0.39 is 0 Å². The fraction of sp³-hybridized carbons (Fsp3) is 0.538. The molecule has 0 spiro atoms. The third-order valence-electron chi connectivity index (χ3n) is 3.28. The number of fused-ring (bicyclic) bond motifs is 1. The standard InChI is InChI=1S/C13H17ClO/c1-13(2)6-5-9-3-4-10(14)7-11(9)12(15)8-13/h3-4,7,12,15H,5-6,8H2,1-2H3. The van der Waals surface area contributed by atoms with Crippen LogP contribution in [0, 0.1) is 5.41 Å². The van der Waals surface area contributed by atoms with Crippen molar-refractivity contribution in [3.05, 3.63) is 34.3 Å². The minimum atomic E-state index is -0.365. The summed E-state index contributed by atoms with van der Waals surface area (Å²) in [6.45, 7) is 4.42. The number of benzene rings is 1. The Hall–Kier alpha value is -0.530. The molecule has 2 rings (SSSR count). The summed E-state index contributed by atoms with van der Waals surface area (Å²) in [6, 6.07) is 5.86. The predicted molar refractivity (Wildman–Crippen MR) is 63.1 cm³/mol. The molecule has 1 unspecified atom stereocenters. The molecule has 1 aromatic carbocycles. The summed E-state index contributed by atoms with van der Waals surface area (Å²) in [7, 11) is 0. The van der Waals surface area contributed by atoms with Gasteiger partial charge in [-0.05, 0) is 47.9 Å². The SMILES string of the molecule is CC1(C)CCc2ccc(Cl)cc2C(O)C1. The lowest BCUT2D eigenvalue weighted by Gasteiger charge is -2.24. The second kappa shape index (κ2) is 3.80. The van der Waals surface area contributed by atoms with E-state index in [0.717, 1.165) is 24.8 Å². The van der Waals surface area contributed by atoms with Crippen molar-refractivity contribution in [3.63, 3.8) is 0 Å². The minimum absolute atomic E-state index is 0.213. The molecule has 0 heterocycles. The fourth-order valence-electron chi connectivity index (χ4n) is 2.31. The zero-order chi connectivity index (χ0) is 11.1. The van der Waals surface area contributed by atoms with Crippen LogP contribution >= 0.6 is 11.6 Å². The third kappa shape index (κ3) is 2.35. The number of hydrogen-bond acceptors (Lipinski definition) is 1. The van der Waals surface area contributed by atoms with Gasteiger partial charge in [0.2, 0.25) is 0 Å². The summed E-state index contributed by atoms with van der Waals surface area (Å²) in [5.74, 6) is 0. The van der Waals surface area contributed by atoms with E-state index in [4.69, 9.17) is 11.6 Å². The van der Waals surface area contributed by atoms with Gasteiger partial charge in [0.05, 0.1) is 6.10 Å². The Balaban J connectivity index is 2.40. The topological polar surface area (TPSA) is 20.2 Å². The van der Waals surface area contributed by atoms with Gasteiger partial charge in [-0.2, -0.15) is 0 Å². The summed E-state index contributed by atoms with van der Waals surface area (Å²) in [5.41, 5.74) is 2.48. The Morgan fingerprint density at radius 1 is 1.40 bits per heavy atom. The number of aryl methyl sites for hydroxylation is 1. The normalized spacial score (nSPS) is 24.4. The predicted octanol–water partition coefficient (Wildman–Crippen LogP) is 3.74. The molecule has 0 aromatic heterocycles. The molecule has 15 heavy (non-hydrogen) atoms. The Morgan fingerprint density at radius 3 is 2.87 bits per heavy atom. The fourth-order valence-corrected chi connectivity index (χ4v) is 2.49. The van der Waals surface area contributed by atoms with Crippen LogP contribution in [0.3, 0.4) is 0 Å². The summed E-state index contributed by atoms with van der Waals surface area (Å²) in [4.78, 5) is 0. The Bertz CT molecular complexity index is 371. The van der Waals surface area contributed by atoms with E-state index in [9.17, 15) is 5.11 Å². The maximum absolute atomic E-state index is 10.1. The highest BCUT2D eigenvalue weighted by molar-refractivity contribution is 6.30. The van der Waals surface area contributed by atoms with Crippen LogP contribution in [0.25, 0.3) is 0 Å². The monoisotopic (exact) mass is 224 g/mol. The Morgan fingerprint density at radius 2 is 2.13 bits per heavy atom. The van der Waals surface area contributed by atoms with Crippen molar-refractivity contribution in [2.24, 2.45) is 5.41 Å². The van der Waals surface area contributed by atoms with Gasteiger partial charge in [0, 0.05) is 5.02 Å². The van der Waals surface area contributed by atoms with Gasteiger partial charge in [0.25, 0.3) is 0 Å². The number of aliphatic hydroxyl groups excluding tert-OH is 1. The van der Waals surface area contributed by atoms with Crippen LogP contribution in [-0.2, 0) is 6.42 Å². The highest BCUT2D eigenvalue weighted by atomic mass is 35.5. The van der Waals surface area contributed by atoms with Crippen LogP contribution in [0.2, 0.25) is 5.02 Å². The number of rotatable bonds is 0. The summed E-state index contributed by atoms with van der Waals surface area (Å²) in [6.07, 6.45) is 2.62. The molecule has 0 saturated carbocycles. The van der Waals surface area contributed by atoms with Gasteiger partial charge >= 0.3 is 0 Å². The molecule has 1 aromatic rings. The first kappa shape index (κ1) is 11.0. The molecular weight excluding hydrogens is 208 g/mol. The Kier molecular flexibility index (Phi) is 2.78. The average Bonchev–Trinajstić information content (AvgIpc) is 2.24. The molecule has 0 bridgehead atoms. The van der Waals surface area contributed by atoms with Crippen molar-refractivity contribution in [1.82, 2.24) is 0 Å². The van der Waals surface area contributed by atoms with Gasteiger partial charge in [-0.1, -0.05) is 31.5 Å². The third-order valence-corrected chi connectivity index (χ3v) is 3.52. The van der Waals surface area contributed by atoms with E-state index in [1.807, 2.05) is 18.2 Å². The van der Waals surface area contributed by atoms with Crippen molar-refractivity contribution in [1.29, 1.82) is 0 Å². The molecule has 82 valence electrons. The average molecular weight is 225 g/mol. The first-order chi connectivity index (χ1) is 6.98. The summed E-state index contributed by atoms with van der Waals surface area (Å²) in [5, 5.41) is 10.9. The summed E-state index contributed by atoms with van der Waals surface area (Å²) < 4.78 is 0. The lowest BCUT2D eigenvalue weighted by atomic mass is 9.84. The molecule has 0 saturated heterocycles. The van der Waals surface area contributed by atoms with Crippen molar-refractivity contribution < 1.29 is 5.11 Å². The maximum atomic E-state index is 10.1. The van der Waals surface area contributed by atoms with E-state index in [2.05, 4.69) is 13.8 Å². The van der Waals surface area contributed by atoms with E-state index in [-0.39, 0.29) is 11.5 Å². The van der Waals surface area contributed by atoms with Crippen molar-refractivity contribution >= 4 is 11.6 Å². The van der Waals surface area contributed by atoms with Crippen molar-refractivity contribution in [3.8, 4) is 0 Å². The maximum Gasteiger partial charge on any atom is 0.0798 e. The quantitative estimate of drug-likeness (QED) is 0.666. The van der Waals surface area contributed by atoms with Crippen molar-refractivity contribution in [2.45, 2.75) is 39.2 Å². The minimum Gasteiger partial charge on any atom is -0.388 e. The first-order valence-electron chi connectivity index (χ1n) is 5.44. The second-order valence-electron chi connectivity index (χ2n) is 5.23. The van der Waals surface area contributed by atoms with Crippen molar-refractivity contribution in [2.75, 3.05) is 0 Å². The van der Waals surface area contributed by atoms with Gasteiger partial charge < -0.3 is 5.11 Å².